The second-order valence-corrected chi connectivity index (χ2v) is 4.60. The molecule has 4 nitrogen and oxygen atoms in total. The van der Waals surface area contributed by atoms with Crippen LogP contribution in [0.4, 0.5) is 0 Å². The summed E-state index contributed by atoms with van der Waals surface area (Å²) in [5, 5.41) is 3.43. The monoisotopic (exact) mass is 263 g/mol. The molecular weight excluding hydrogens is 242 g/mol. The third-order valence-electron chi connectivity index (χ3n) is 3.05. The van der Waals surface area contributed by atoms with Crippen LogP contribution < -0.4 is 5.32 Å². The molecule has 0 aliphatic carbocycles. The Morgan fingerprint density at radius 2 is 2.05 bits per heavy atom. The van der Waals surface area contributed by atoms with Crippen molar-refractivity contribution < 1.29 is 13.6 Å². The predicted molar refractivity (Wildman–Crippen MR) is 73.1 cm³/mol. The molecule has 0 radical (unpaired) electrons. The highest BCUT2D eigenvalue weighted by molar-refractivity contribution is 5.31. The highest BCUT2D eigenvalue weighted by atomic mass is 16.5. The van der Waals surface area contributed by atoms with Gasteiger partial charge in [-0.3, -0.25) is 0 Å². The van der Waals surface area contributed by atoms with E-state index in [0.717, 1.165) is 35.1 Å². The van der Waals surface area contributed by atoms with Crippen LogP contribution in [0, 0.1) is 13.8 Å². The van der Waals surface area contributed by atoms with E-state index in [2.05, 4.69) is 18.3 Å². The van der Waals surface area contributed by atoms with Gasteiger partial charge in [0.05, 0.1) is 6.04 Å². The molecule has 2 aromatic rings. The Bertz CT molecular complexity index is 527. The van der Waals surface area contributed by atoms with Gasteiger partial charge < -0.3 is 18.9 Å². The molecule has 2 aromatic heterocycles. The van der Waals surface area contributed by atoms with Gasteiger partial charge in [0.1, 0.15) is 29.6 Å². The summed E-state index contributed by atoms with van der Waals surface area (Å²) in [6.07, 6.45) is 0. The molecule has 1 unspecified atom stereocenters. The number of furan rings is 2. The number of aryl methyl sites for hydroxylation is 2. The molecule has 0 aliphatic rings. The first-order valence-corrected chi connectivity index (χ1v) is 6.53. The normalized spacial score (nSPS) is 12.8. The number of hydrogen-bond donors (Lipinski definition) is 1. The number of ether oxygens (including phenoxy) is 1. The fourth-order valence-corrected chi connectivity index (χ4v) is 2.27. The summed E-state index contributed by atoms with van der Waals surface area (Å²) in [6.45, 7) is 7.36. The van der Waals surface area contributed by atoms with Gasteiger partial charge in [-0.15, -0.1) is 0 Å². The molecule has 0 aliphatic heterocycles. The summed E-state index contributed by atoms with van der Waals surface area (Å²) in [7, 11) is 1.66. The van der Waals surface area contributed by atoms with Crippen LogP contribution in [0.15, 0.2) is 27.0 Å². The minimum absolute atomic E-state index is 0.0213. The Morgan fingerprint density at radius 3 is 2.63 bits per heavy atom. The summed E-state index contributed by atoms with van der Waals surface area (Å²) in [4.78, 5) is 0. The second-order valence-electron chi connectivity index (χ2n) is 4.60. The molecule has 1 N–H and O–H groups in total. The molecule has 19 heavy (non-hydrogen) atoms. The van der Waals surface area contributed by atoms with Crippen molar-refractivity contribution in [3.63, 3.8) is 0 Å². The van der Waals surface area contributed by atoms with Crippen LogP contribution in [0.5, 0.6) is 0 Å². The zero-order valence-corrected chi connectivity index (χ0v) is 11.9. The summed E-state index contributed by atoms with van der Waals surface area (Å²) < 4.78 is 16.5. The third-order valence-corrected chi connectivity index (χ3v) is 3.05. The first-order chi connectivity index (χ1) is 9.15. The van der Waals surface area contributed by atoms with Gasteiger partial charge in [0.15, 0.2) is 0 Å². The largest absolute Gasteiger partial charge is 0.466 e. The lowest BCUT2D eigenvalue weighted by molar-refractivity contribution is 0.162. The van der Waals surface area contributed by atoms with E-state index in [0.29, 0.717) is 6.61 Å². The van der Waals surface area contributed by atoms with Crippen molar-refractivity contribution in [2.24, 2.45) is 0 Å². The molecule has 2 rings (SSSR count). The molecular formula is C15H21NO3. The highest BCUT2D eigenvalue weighted by Gasteiger charge is 2.21. The van der Waals surface area contributed by atoms with Crippen molar-refractivity contribution in [1.29, 1.82) is 0 Å². The molecule has 0 amide bonds. The maximum absolute atomic E-state index is 5.83. The lowest BCUT2D eigenvalue weighted by Crippen LogP contribution is -2.21. The highest BCUT2D eigenvalue weighted by Crippen LogP contribution is 2.28. The van der Waals surface area contributed by atoms with Crippen LogP contribution in [0.1, 0.15) is 41.6 Å². The van der Waals surface area contributed by atoms with Gasteiger partial charge in [0, 0.05) is 12.7 Å². The van der Waals surface area contributed by atoms with Crippen LogP contribution in [-0.2, 0) is 11.3 Å². The lowest BCUT2D eigenvalue weighted by Gasteiger charge is -2.14. The zero-order chi connectivity index (χ0) is 13.8. The van der Waals surface area contributed by atoms with Gasteiger partial charge in [0.25, 0.3) is 0 Å². The number of nitrogens with one attached hydrogen (secondary N) is 1. The molecule has 1 atom stereocenters. The average molecular weight is 263 g/mol. The topological polar surface area (TPSA) is 47.5 Å². The van der Waals surface area contributed by atoms with E-state index in [-0.39, 0.29) is 6.04 Å². The van der Waals surface area contributed by atoms with E-state index < -0.39 is 0 Å². The molecule has 4 heteroatoms. The summed E-state index contributed by atoms with van der Waals surface area (Å²) in [5.41, 5.74) is 1.12. The van der Waals surface area contributed by atoms with E-state index in [1.54, 1.807) is 7.11 Å². The summed E-state index contributed by atoms with van der Waals surface area (Å²) >= 11 is 0. The zero-order valence-electron chi connectivity index (χ0n) is 11.9. The standard InChI is InChI=1S/C15H21NO3/c1-5-16-15(13-8-10(2)18-11(13)3)14-7-6-12(19-14)9-17-4/h6-8,15-16H,5,9H2,1-4H3. The van der Waals surface area contributed by atoms with Crippen LogP contribution in [-0.4, -0.2) is 13.7 Å². The first kappa shape index (κ1) is 13.9. The Morgan fingerprint density at radius 1 is 1.26 bits per heavy atom. The molecule has 104 valence electrons. The third kappa shape index (κ3) is 3.08. The van der Waals surface area contributed by atoms with Crippen molar-refractivity contribution in [2.75, 3.05) is 13.7 Å². The van der Waals surface area contributed by atoms with Crippen LogP contribution in [0.2, 0.25) is 0 Å². The van der Waals surface area contributed by atoms with Crippen molar-refractivity contribution in [3.05, 3.63) is 46.8 Å². The molecule has 0 bridgehead atoms. The summed E-state index contributed by atoms with van der Waals surface area (Å²) in [6, 6.07) is 6.02. The van der Waals surface area contributed by atoms with Crippen LogP contribution >= 0.6 is 0 Å². The minimum atomic E-state index is 0.0213. The number of rotatable bonds is 6. The van der Waals surface area contributed by atoms with Gasteiger partial charge in [-0.05, 0) is 38.6 Å². The molecule has 0 fully saturated rings. The van der Waals surface area contributed by atoms with Crippen molar-refractivity contribution in [3.8, 4) is 0 Å². The van der Waals surface area contributed by atoms with E-state index in [1.165, 1.54) is 0 Å². The Labute approximate surface area is 113 Å². The van der Waals surface area contributed by atoms with Gasteiger partial charge in [-0.25, -0.2) is 0 Å². The molecule has 2 heterocycles. The van der Waals surface area contributed by atoms with E-state index in [4.69, 9.17) is 13.6 Å². The fourth-order valence-electron chi connectivity index (χ4n) is 2.27. The average Bonchev–Trinajstić information content (AvgIpc) is 2.94. The van der Waals surface area contributed by atoms with Gasteiger partial charge >= 0.3 is 0 Å². The van der Waals surface area contributed by atoms with Gasteiger partial charge in [-0.1, -0.05) is 6.92 Å². The molecule has 0 aromatic carbocycles. The van der Waals surface area contributed by atoms with Crippen LogP contribution in [0.3, 0.4) is 0 Å². The fraction of sp³-hybridized carbons (Fsp3) is 0.467. The van der Waals surface area contributed by atoms with Crippen LogP contribution in [0.25, 0.3) is 0 Å². The second kappa shape index (κ2) is 6.08. The van der Waals surface area contributed by atoms with Gasteiger partial charge in [0.2, 0.25) is 0 Å². The molecule has 0 saturated carbocycles. The van der Waals surface area contributed by atoms with E-state index in [9.17, 15) is 0 Å². The number of methoxy groups -OCH3 is 1. The summed E-state index contributed by atoms with van der Waals surface area (Å²) in [5.74, 6) is 3.56. The molecule has 0 spiro atoms. The maximum atomic E-state index is 5.83. The quantitative estimate of drug-likeness (QED) is 0.868. The van der Waals surface area contributed by atoms with E-state index >= 15 is 0 Å². The van der Waals surface area contributed by atoms with Gasteiger partial charge in [-0.2, -0.15) is 0 Å². The number of hydrogen-bond acceptors (Lipinski definition) is 4. The minimum Gasteiger partial charge on any atom is -0.466 e. The Hall–Kier alpha value is -1.52. The predicted octanol–water partition coefficient (Wildman–Crippen LogP) is 3.33. The maximum Gasteiger partial charge on any atom is 0.129 e. The lowest BCUT2D eigenvalue weighted by atomic mass is 10.1. The van der Waals surface area contributed by atoms with Crippen molar-refractivity contribution in [2.45, 2.75) is 33.4 Å². The Kier molecular flexibility index (Phi) is 4.45. The van der Waals surface area contributed by atoms with Crippen molar-refractivity contribution >= 4 is 0 Å². The Balaban J connectivity index is 2.30. The molecule has 0 saturated heterocycles. The SMILES string of the molecule is CCNC(c1ccc(COC)o1)c1cc(C)oc1C. The smallest absolute Gasteiger partial charge is 0.129 e. The van der Waals surface area contributed by atoms with E-state index in [1.807, 2.05) is 26.0 Å². The first-order valence-electron chi connectivity index (χ1n) is 6.53. The van der Waals surface area contributed by atoms with Crippen molar-refractivity contribution in [1.82, 2.24) is 5.32 Å².